The van der Waals surface area contributed by atoms with Gasteiger partial charge in [-0.2, -0.15) is 0 Å². The first-order chi connectivity index (χ1) is 9.94. The Bertz CT molecular complexity index is 611. The highest BCUT2D eigenvalue weighted by atomic mass is 35.5. The van der Waals surface area contributed by atoms with Crippen molar-refractivity contribution in [3.05, 3.63) is 52.8 Å². The Hall–Kier alpha value is -1.94. The highest BCUT2D eigenvalue weighted by Crippen LogP contribution is 2.28. The van der Waals surface area contributed by atoms with Crippen LogP contribution in [-0.4, -0.2) is 11.2 Å². The molecule has 0 aliphatic carbocycles. The molecule has 0 spiro atoms. The van der Waals surface area contributed by atoms with E-state index in [0.29, 0.717) is 22.9 Å². The van der Waals surface area contributed by atoms with Crippen molar-refractivity contribution >= 4 is 17.3 Å². The summed E-state index contributed by atoms with van der Waals surface area (Å²) in [7, 11) is 0. The van der Waals surface area contributed by atoms with Gasteiger partial charge in [-0.1, -0.05) is 11.6 Å². The summed E-state index contributed by atoms with van der Waals surface area (Å²) < 4.78 is 18.7. The van der Waals surface area contributed by atoms with Crippen LogP contribution >= 0.6 is 11.6 Å². The fourth-order valence-corrected chi connectivity index (χ4v) is 2.12. The van der Waals surface area contributed by atoms with Crippen LogP contribution in [0.25, 0.3) is 0 Å². The van der Waals surface area contributed by atoms with Gasteiger partial charge >= 0.3 is 0 Å². The average molecular weight is 310 g/mol. The topological polar surface area (TPSA) is 41.5 Å². The molecule has 0 amide bonds. The molecule has 0 saturated carbocycles. The summed E-state index contributed by atoms with van der Waals surface area (Å²) in [6.07, 6.45) is 0.0524. The summed E-state index contributed by atoms with van der Waals surface area (Å²) in [6, 6.07) is 9.31. The molecule has 112 valence electrons. The van der Waals surface area contributed by atoms with Gasteiger partial charge in [0.1, 0.15) is 17.3 Å². The van der Waals surface area contributed by atoms with Crippen molar-refractivity contribution in [2.45, 2.75) is 26.5 Å². The summed E-state index contributed by atoms with van der Waals surface area (Å²) in [5.74, 6) is 0.0663. The number of nitrogens with one attached hydrogen (secondary N) is 1. The van der Waals surface area contributed by atoms with Crippen LogP contribution in [0.3, 0.4) is 0 Å². The van der Waals surface area contributed by atoms with Gasteiger partial charge in [-0.3, -0.25) is 0 Å². The van der Waals surface area contributed by atoms with E-state index < -0.39 is 5.82 Å². The van der Waals surface area contributed by atoms with Gasteiger partial charge in [0.2, 0.25) is 0 Å². The standard InChI is InChI=1S/C16H17ClFNO2/c1-10(2)21-16-4-3-13(8-15(16)17)19-9-11-5-12(18)7-14(20)6-11/h3-8,10,19-20H,9H2,1-2H3. The third-order valence-electron chi connectivity index (χ3n) is 2.73. The number of anilines is 1. The van der Waals surface area contributed by atoms with Gasteiger partial charge in [0.05, 0.1) is 11.1 Å². The lowest BCUT2D eigenvalue weighted by Crippen LogP contribution is -2.06. The van der Waals surface area contributed by atoms with Crippen LogP contribution in [0.5, 0.6) is 11.5 Å². The average Bonchev–Trinajstić information content (AvgIpc) is 2.38. The molecule has 2 N–H and O–H groups in total. The van der Waals surface area contributed by atoms with E-state index in [1.165, 1.54) is 12.1 Å². The zero-order valence-electron chi connectivity index (χ0n) is 11.9. The largest absolute Gasteiger partial charge is 0.508 e. The van der Waals surface area contributed by atoms with Gasteiger partial charge in [0.25, 0.3) is 0 Å². The summed E-state index contributed by atoms with van der Waals surface area (Å²) in [6.45, 7) is 4.24. The van der Waals surface area contributed by atoms with Crippen LogP contribution in [0.4, 0.5) is 10.1 Å². The first-order valence-corrected chi connectivity index (χ1v) is 7.00. The Kier molecular flexibility index (Phi) is 4.91. The highest BCUT2D eigenvalue weighted by Gasteiger charge is 2.05. The first kappa shape index (κ1) is 15.4. The maximum Gasteiger partial charge on any atom is 0.138 e. The minimum atomic E-state index is -0.467. The molecule has 0 saturated heterocycles. The van der Waals surface area contributed by atoms with E-state index in [1.807, 2.05) is 19.9 Å². The maximum atomic E-state index is 13.2. The highest BCUT2D eigenvalue weighted by molar-refractivity contribution is 6.32. The molecule has 5 heteroatoms. The van der Waals surface area contributed by atoms with Crippen LogP contribution in [-0.2, 0) is 6.54 Å². The Morgan fingerprint density at radius 2 is 2.00 bits per heavy atom. The SMILES string of the molecule is CC(C)Oc1ccc(NCc2cc(O)cc(F)c2)cc1Cl. The number of rotatable bonds is 5. The van der Waals surface area contributed by atoms with E-state index in [4.69, 9.17) is 16.3 Å². The third kappa shape index (κ3) is 4.53. The third-order valence-corrected chi connectivity index (χ3v) is 3.03. The Morgan fingerprint density at radius 1 is 1.24 bits per heavy atom. The Labute approximate surface area is 128 Å². The number of hydrogen-bond donors (Lipinski definition) is 2. The number of aromatic hydroxyl groups is 1. The number of hydrogen-bond acceptors (Lipinski definition) is 3. The fourth-order valence-electron chi connectivity index (χ4n) is 1.90. The molecule has 0 radical (unpaired) electrons. The van der Waals surface area contributed by atoms with E-state index in [-0.39, 0.29) is 11.9 Å². The van der Waals surface area contributed by atoms with Crippen molar-refractivity contribution in [2.24, 2.45) is 0 Å². The van der Waals surface area contributed by atoms with Crippen LogP contribution < -0.4 is 10.1 Å². The van der Waals surface area contributed by atoms with Crippen molar-refractivity contribution in [3.8, 4) is 11.5 Å². The molecule has 2 aromatic carbocycles. The minimum Gasteiger partial charge on any atom is -0.508 e. The summed E-state index contributed by atoms with van der Waals surface area (Å²) in [5, 5.41) is 13.0. The van der Waals surface area contributed by atoms with Crippen molar-refractivity contribution < 1.29 is 14.2 Å². The molecule has 0 heterocycles. The quantitative estimate of drug-likeness (QED) is 0.849. The van der Waals surface area contributed by atoms with Gasteiger partial charge in [-0.15, -0.1) is 0 Å². The first-order valence-electron chi connectivity index (χ1n) is 6.62. The van der Waals surface area contributed by atoms with Crippen LogP contribution in [0.15, 0.2) is 36.4 Å². The second kappa shape index (κ2) is 6.68. The second-order valence-corrected chi connectivity index (χ2v) is 5.39. The van der Waals surface area contributed by atoms with Crippen molar-refractivity contribution in [1.29, 1.82) is 0 Å². The normalized spacial score (nSPS) is 10.7. The van der Waals surface area contributed by atoms with Crippen molar-refractivity contribution in [2.75, 3.05) is 5.32 Å². The van der Waals surface area contributed by atoms with E-state index >= 15 is 0 Å². The molecule has 0 unspecified atom stereocenters. The molecule has 0 bridgehead atoms. The van der Waals surface area contributed by atoms with Crippen molar-refractivity contribution in [1.82, 2.24) is 0 Å². The van der Waals surface area contributed by atoms with Crippen LogP contribution in [0.1, 0.15) is 19.4 Å². The molecule has 2 aromatic rings. The van der Waals surface area contributed by atoms with Gasteiger partial charge in [-0.05, 0) is 49.7 Å². The zero-order chi connectivity index (χ0) is 15.4. The molecular weight excluding hydrogens is 293 g/mol. The summed E-state index contributed by atoms with van der Waals surface area (Å²) >= 11 is 6.14. The molecule has 0 atom stereocenters. The second-order valence-electron chi connectivity index (χ2n) is 4.98. The lowest BCUT2D eigenvalue weighted by molar-refractivity contribution is 0.242. The van der Waals surface area contributed by atoms with E-state index in [1.54, 1.807) is 12.1 Å². The minimum absolute atomic E-state index is 0.0524. The smallest absolute Gasteiger partial charge is 0.138 e. The predicted octanol–water partition coefficient (Wildman–Crippen LogP) is 4.58. The van der Waals surface area contributed by atoms with E-state index in [9.17, 15) is 9.50 Å². The summed E-state index contributed by atoms with van der Waals surface area (Å²) in [4.78, 5) is 0. The zero-order valence-corrected chi connectivity index (χ0v) is 12.6. The van der Waals surface area contributed by atoms with E-state index in [2.05, 4.69) is 5.32 Å². The lowest BCUT2D eigenvalue weighted by Gasteiger charge is -2.13. The monoisotopic (exact) mass is 309 g/mol. The van der Waals surface area contributed by atoms with Crippen LogP contribution in [0, 0.1) is 5.82 Å². The van der Waals surface area contributed by atoms with Gasteiger partial charge < -0.3 is 15.2 Å². The Morgan fingerprint density at radius 3 is 2.62 bits per heavy atom. The predicted molar refractivity (Wildman–Crippen MR) is 82.6 cm³/mol. The number of ether oxygens (including phenoxy) is 1. The summed E-state index contributed by atoms with van der Waals surface area (Å²) in [5.41, 5.74) is 1.44. The molecular formula is C16H17ClFNO2. The number of phenols is 1. The van der Waals surface area contributed by atoms with E-state index in [0.717, 1.165) is 11.8 Å². The molecule has 0 fully saturated rings. The molecule has 2 rings (SSSR count). The molecule has 0 aromatic heterocycles. The van der Waals surface area contributed by atoms with Gasteiger partial charge in [-0.25, -0.2) is 4.39 Å². The van der Waals surface area contributed by atoms with Gasteiger partial charge in [0.15, 0.2) is 0 Å². The molecule has 0 aliphatic rings. The molecule has 21 heavy (non-hydrogen) atoms. The molecule has 3 nitrogen and oxygen atoms in total. The molecule has 0 aliphatic heterocycles. The van der Waals surface area contributed by atoms with Crippen LogP contribution in [0.2, 0.25) is 5.02 Å². The fraction of sp³-hybridized carbons (Fsp3) is 0.250. The number of halogens is 2. The van der Waals surface area contributed by atoms with Crippen molar-refractivity contribution in [3.63, 3.8) is 0 Å². The number of phenolic OH excluding ortho intramolecular Hbond substituents is 1. The lowest BCUT2D eigenvalue weighted by atomic mass is 10.2. The number of benzene rings is 2. The Balaban J connectivity index is 2.05. The van der Waals surface area contributed by atoms with Gasteiger partial charge in [0, 0.05) is 18.3 Å². The maximum absolute atomic E-state index is 13.2.